The zero-order valence-electron chi connectivity index (χ0n) is 13.8. The van der Waals surface area contributed by atoms with E-state index in [2.05, 4.69) is 5.10 Å². The van der Waals surface area contributed by atoms with Crippen LogP contribution in [-0.4, -0.2) is 40.6 Å². The summed E-state index contributed by atoms with van der Waals surface area (Å²) in [5.74, 6) is 0.824. The molecule has 1 atom stereocenters. The lowest BCUT2D eigenvalue weighted by Gasteiger charge is -2.29. The minimum Gasteiger partial charge on any atom is -0.394 e. The Kier molecular flexibility index (Phi) is 6.58. The van der Waals surface area contributed by atoms with Gasteiger partial charge in [-0.05, 0) is 31.7 Å². The average molecular weight is 308 g/mol. The largest absolute Gasteiger partial charge is 0.394 e. The molecule has 1 aromatic rings. The maximum absolute atomic E-state index is 12.6. The van der Waals surface area contributed by atoms with Gasteiger partial charge in [-0.3, -0.25) is 4.79 Å². The van der Waals surface area contributed by atoms with Gasteiger partial charge in [-0.15, -0.1) is 0 Å². The van der Waals surface area contributed by atoms with Gasteiger partial charge in [0, 0.05) is 12.1 Å². The van der Waals surface area contributed by atoms with Gasteiger partial charge in [-0.2, -0.15) is 5.10 Å². The molecule has 0 radical (unpaired) electrons. The van der Waals surface area contributed by atoms with Crippen LogP contribution in [0.1, 0.15) is 54.7 Å². The van der Waals surface area contributed by atoms with Crippen LogP contribution in [-0.2, 0) is 4.74 Å². The van der Waals surface area contributed by atoms with Crippen LogP contribution < -0.4 is 0 Å². The molecule has 5 nitrogen and oxygen atoms in total. The van der Waals surface area contributed by atoms with E-state index in [0.29, 0.717) is 25.6 Å². The smallest absolute Gasteiger partial charge is 0.247 e. The fraction of sp³-hybridized carbons (Fsp3) is 0.765. The molecule has 0 saturated heterocycles. The Morgan fingerprint density at radius 3 is 2.73 bits per heavy atom. The molecule has 1 aliphatic carbocycles. The van der Waals surface area contributed by atoms with E-state index in [1.54, 1.807) is 0 Å². The van der Waals surface area contributed by atoms with Crippen molar-refractivity contribution in [2.24, 2.45) is 11.8 Å². The highest BCUT2D eigenvalue weighted by atomic mass is 16.5. The van der Waals surface area contributed by atoms with Gasteiger partial charge in [-0.1, -0.05) is 32.1 Å². The van der Waals surface area contributed by atoms with E-state index in [9.17, 15) is 4.79 Å². The lowest BCUT2D eigenvalue weighted by Crippen LogP contribution is -2.28. The van der Waals surface area contributed by atoms with Crippen LogP contribution in [0, 0.1) is 25.7 Å². The Morgan fingerprint density at radius 1 is 1.41 bits per heavy atom. The lowest BCUT2D eigenvalue weighted by atomic mass is 9.79. The monoisotopic (exact) mass is 308 g/mol. The number of carbonyl (C=O) groups is 1. The Labute approximate surface area is 132 Å². The Morgan fingerprint density at radius 2 is 2.14 bits per heavy atom. The lowest BCUT2D eigenvalue weighted by molar-refractivity contribution is 0.0379. The first-order chi connectivity index (χ1) is 10.6. The van der Waals surface area contributed by atoms with Crippen molar-refractivity contribution in [3.63, 3.8) is 0 Å². The van der Waals surface area contributed by atoms with E-state index in [0.717, 1.165) is 11.4 Å². The van der Waals surface area contributed by atoms with Crippen LogP contribution in [0.2, 0.25) is 0 Å². The highest BCUT2D eigenvalue weighted by Crippen LogP contribution is 2.32. The van der Waals surface area contributed by atoms with Crippen molar-refractivity contribution in [2.45, 2.75) is 52.4 Å². The molecule has 1 unspecified atom stereocenters. The van der Waals surface area contributed by atoms with E-state index < -0.39 is 0 Å². The minimum atomic E-state index is 0.0305. The van der Waals surface area contributed by atoms with Crippen molar-refractivity contribution in [1.82, 2.24) is 9.78 Å². The molecule has 2 rings (SSSR count). The number of ether oxygens (including phenoxy) is 1. The quantitative estimate of drug-likeness (QED) is 0.787. The van der Waals surface area contributed by atoms with Gasteiger partial charge in [0.25, 0.3) is 0 Å². The van der Waals surface area contributed by atoms with Crippen LogP contribution in [0.5, 0.6) is 0 Å². The fourth-order valence-corrected chi connectivity index (χ4v) is 3.46. The van der Waals surface area contributed by atoms with Crippen molar-refractivity contribution in [3.8, 4) is 0 Å². The number of nitrogens with zero attached hydrogens (tertiary/aromatic N) is 2. The highest BCUT2D eigenvalue weighted by molar-refractivity contribution is 5.79. The zero-order chi connectivity index (χ0) is 15.9. The van der Waals surface area contributed by atoms with Crippen molar-refractivity contribution >= 4 is 5.91 Å². The van der Waals surface area contributed by atoms with Crippen molar-refractivity contribution < 1.29 is 14.6 Å². The molecular weight excluding hydrogens is 280 g/mol. The first-order valence-corrected chi connectivity index (χ1v) is 8.37. The summed E-state index contributed by atoms with van der Waals surface area (Å²) >= 11 is 0. The van der Waals surface area contributed by atoms with Crippen LogP contribution in [0.25, 0.3) is 0 Å². The molecular formula is C17H28N2O3. The molecule has 0 aliphatic heterocycles. The van der Waals surface area contributed by atoms with Crippen molar-refractivity contribution in [1.29, 1.82) is 0 Å². The Balaban J connectivity index is 2.00. The molecule has 1 fully saturated rings. The van der Waals surface area contributed by atoms with Gasteiger partial charge in [0.15, 0.2) is 0 Å². The van der Waals surface area contributed by atoms with E-state index >= 15 is 0 Å². The standard InChI is InChI=1S/C17H28N2O3/c1-13-10-14(2)19(18-13)17(21)11-16(12-22-9-8-20)15-6-4-3-5-7-15/h10,15-16,20H,3-9,11-12H2,1-2H3. The average Bonchev–Trinajstić information content (AvgIpc) is 2.86. The van der Waals surface area contributed by atoms with Gasteiger partial charge < -0.3 is 9.84 Å². The highest BCUT2D eigenvalue weighted by Gasteiger charge is 2.27. The third-order valence-corrected chi connectivity index (χ3v) is 4.57. The second-order valence-corrected chi connectivity index (χ2v) is 6.39. The van der Waals surface area contributed by atoms with Crippen LogP contribution in [0.3, 0.4) is 0 Å². The zero-order valence-corrected chi connectivity index (χ0v) is 13.8. The van der Waals surface area contributed by atoms with E-state index in [4.69, 9.17) is 9.84 Å². The third kappa shape index (κ3) is 4.65. The second-order valence-electron chi connectivity index (χ2n) is 6.39. The summed E-state index contributed by atoms with van der Waals surface area (Å²) in [4.78, 5) is 12.6. The Hall–Kier alpha value is -1.20. The number of hydrogen-bond donors (Lipinski definition) is 1. The number of aryl methyl sites for hydroxylation is 2. The van der Waals surface area contributed by atoms with Gasteiger partial charge in [0.05, 0.1) is 25.5 Å². The number of aliphatic hydroxyl groups is 1. The summed E-state index contributed by atoms with van der Waals surface area (Å²) < 4.78 is 7.06. The molecule has 1 N–H and O–H groups in total. The number of aliphatic hydroxyl groups excluding tert-OH is 1. The summed E-state index contributed by atoms with van der Waals surface area (Å²) in [6.07, 6.45) is 6.61. The Bertz CT molecular complexity index is 478. The van der Waals surface area contributed by atoms with Gasteiger partial charge in [-0.25, -0.2) is 4.68 Å². The summed E-state index contributed by atoms with van der Waals surface area (Å²) in [5, 5.41) is 13.2. The summed E-state index contributed by atoms with van der Waals surface area (Å²) in [5.41, 5.74) is 1.76. The molecule has 0 spiro atoms. The van der Waals surface area contributed by atoms with Gasteiger partial charge >= 0.3 is 0 Å². The van der Waals surface area contributed by atoms with Crippen molar-refractivity contribution in [2.75, 3.05) is 19.8 Å². The molecule has 22 heavy (non-hydrogen) atoms. The molecule has 0 amide bonds. The molecule has 1 heterocycles. The first-order valence-electron chi connectivity index (χ1n) is 8.37. The molecule has 1 saturated carbocycles. The van der Waals surface area contributed by atoms with Crippen LogP contribution in [0.15, 0.2) is 6.07 Å². The van der Waals surface area contributed by atoms with Crippen LogP contribution in [0.4, 0.5) is 0 Å². The predicted octanol–water partition coefficient (Wildman–Crippen LogP) is 2.74. The molecule has 5 heteroatoms. The fourth-order valence-electron chi connectivity index (χ4n) is 3.46. The topological polar surface area (TPSA) is 64.3 Å². The molecule has 0 aromatic carbocycles. The second kappa shape index (κ2) is 8.44. The maximum Gasteiger partial charge on any atom is 0.247 e. The predicted molar refractivity (Wildman–Crippen MR) is 84.9 cm³/mol. The number of aromatic nitrogens is 2. The van der Waals surface area contributed by atoms with Crippen molar-refractivity contribution in [3.05, 3.63) is 17.5 Å². The maximum atomic E-state index is 12.6. The SMILES string of the molecule is Cc1cc(C)n(C(=O)CC(COCCO)C2CCCCC2)n1. The number of hydrogen-bond acceptors (Lipinski definition) is 4. The minimum absolute atomic E-state index is 0.0305. The van der Waals surface area contributed by atoms with Gasteiger partial charge in [0.2, 0.25) is 5.91 Å². The van der Waals surface area contributed by atoms with Gasteiger partial charge in [0.1, 0.15) is 0 Å². The van der Waals surface area contributed by atoms with E-state index in [1.165, 1.54) is 36.8 Å². The molecule has 124 valence electrons. The normalized spacial score (nSPS) is 17.6. The third-order valence-electron chi connectivity index (χ3n) is 4.57. The number of carbonyl (C=O) groups excluding carboxylic acids is 1. The summed E-state index contributed by atoms with van der Waals surface area (Å²) in [7, 11) is 0. The first kappa shape index (κ1) is 17.2. The summed E-state index contributed by atoms with van der Waals surface area (Å²) in [6.45, 7) is 4.74. The summed E-state index contributed by atoms with van der Waals surface area (Å²) in [6, 6.07) is 1.93. The van der Waals surface area contributed by atoms with Crippen LogP contribution >= 0.6 is 0 Å². The number of rotatable bonds is 7. The van der Waals surface area contributed by atoms with E-state index in [1.807, 2.05) is 19.9 Å². The molecule has 1 aromatic heterocycles. The molecule has 0 bridgehead atoms. The van der Waals surface area contributed by atoms with E-state index in [-0.39, 0.29) is 18.4 Å². The molecule has 1 aliphatic rings.